The summed E-state index contributed by atoms with van der Waals surface area (Å²) in [4.78, 5) is 9.75. The van der Waals surface area contributed by atoms with Crippen LogP contribution < -0.4 is 10.2 Å². The van der Waals surface area contributed by atoms with Crippen molar-refractivity contribution >= 4 is 34.5 Å². The van der Waals surface area contributed by atoms with Crippen molar-refractivity contribution in [3.05, 3.63) is 65.7 Å². The number of benzene rings is 2. The highest BCUT2D eigenvalue weighted by molar-refractivity contribution is 6.31. The van der Waals surface area contributed by atoms with Crippen LogP contribution in [0.15, 0.2) is 60.1 Å². The summed E-state index contributed by atoms with van der Waals surface area (Å²) in [6, 6.07) is 14.4. The van der Waals surface area contributed by atoms with Crippen molar-refractivity contribution in [2.45, 2.75) is 6.42 Å². The molecular weight excluding hydrogens is 344 g/mol. The van der Waals surface area contributed by atoms with Crippen LogP contribution >= 0.6 is 11.6 Å². The Labute approximate surface area is 159 Å². The van der Waals surface area contributed by atoms with Gasteiger partial charge >= 0.3 is 0 Å². The third-order valence-corrected chi connectivity index (χ3v) is 5.08. The average molecular weight is 367 g/mol. The smallest absolute Gasteiger partial charge is 0.138 e. The minimum Gasteiger partial charge on any atom is -0.355 e. The zero-order chi connectivity index (χ0) is 17.9. The number of hydrogen-bond acceptors (Lipinski definition) is 4. The van der Waals surface area contributed by atoms with E-state index >= 15 is 0 Å². The highest BCUT2D eigenvalue weighted by Crippen LogP contribution is 2.41. The van der Waals surface area contributed by atoms with Gasteiger partial charge in [-0.05, 0) is 43.3 Å². The monoisotopic (exact) mass is 366 g/mol. The Kier molecular flexibility index (Phi) is 4.96. The molecule has 1 N–H and O–H groups in total. The number of hydrogen-bond donors (Lipinski definition) is 1. The normalized spacial score (nSPS) is 16.9. The Hall–Kier alpha value is -2.30. The first kappa shape index (κ1) is 17.1. The molecule has 5 heteroatoms. The summed E-state index contributed by atoms with van der Waals surface area (Å²) >= 11 is 6.29. The average Bonchev–Trinajstić information content (AvgIpc) is 2.99. The van der Waals surface area contributed by atoms with Gasteiger partial charge in [0.05, 0.1) is 17.1 Å². The summed E-state index contributed by atoms with van der Waals surface area (Å²) in [7, 11) is 0. The number of nitrogens with zero attached hydrogens (tertiary/aromatic N) is 3. The SMILES string of the molecule is C=CCN1c2ccc(Cl)cc2N=C(N2CCCNCC2)c2ccccc21. The molecule has 134 valence electrons. The third-order valence-electron chi connectivity index (χ3n) is 4.84. The van der Waals surface area contributed by atoms with E-state index in [4.69, 9.17) is 16.6 Å². The molecule has 1 fully saturated rings. The summed E-state index contributed by atoms with van der Waals surface area (Å²) < 4.78 is 0. The predicted molar refractivity (Wildman–Crippen MR) is 110 cm³/mol. The summed E-state index contributed by atoms with van der Waals surface area (Å²) in [5.41, 5.74) is 4.28. The fourth-order valence-corrected chi connectivity index (χ4v) is 3.81. The molecule has 2 aliphatic rings. The van der Waals surface area contributed by atoms with Crippen molar-refractivity contribution in [1.82, 2.24) is 10.2 Å². The summed E-state index contributed by atoms with van der Waals surface area (Å²) in [6.45, 7) is 8.64. The molecule has 2 aromatic rings. The molecule has 0 aliphatic carbocycles. The maximum absolute atomic E-state index is 6.29. The number of fused-ring (bicyclic) bond motifs is 2. The Morgan fingerprint density at radius 1 is 1.12 bits per heavy atom. The van der Waals surface area contributed by atoms with Crippen molar-refractivity contribution in [3.63, 3.8) is 0 Å². The Morgan fingerprint density at radius 2 is 2.00 bits per heavy atom. The van der Waals surface area contributed by atoms with E-state index < -0.39 is 0 Å². The van der Waals surface area contributed by atoms with E-state index in [0.717, 1.165) is 67.6 Å². The van der Waals surface area contributed by atoms with Gasteiger partial charge in [0.1, 0.15) is 5.84 Å². The Balaban J connectivity index is 1.91. The number of halogens is 1. The second-order valence-electron chi connectivity index (χ2n) is 6.58. The maximum atomic E-state index is 6.29. The zero-order valence-electron chi connectivity index (χ0n) is 14.8. The van der Waals surface area contributed by atoms with Gasteiger partial charge in [0.25, 0.3) is 0 Å². The van der Waals surface area contributed by atoms with Crippen LogP contribution in [0.5, 0.6) is 0 Å². The Bertz CT molecular complexity index is 838. The van der Waals surface area contributed by atoms with E-state index in [9.17, 15) is 0 Å². The fraction of sp³-hybridized carbons (Fsp3) is 0.286. The van der Waals surface area contributed by atoms with Crippen LogP contribution in [0.25, 0.3) is 0 Å². The molecule has 0 radical (unpaired) electrons. The van der Waals surface area contributed by atoms with E-state index in [1.165, 1.54) is 0 Å². The molecule has 26 heavy (non-hydrogen) atoms. The third kappa shape index (κ3) is 3.22. The molecule has 2 aliphatic heterocycles. The van der Waals surface area contributed by atoms with Crippen molar-refractivity contribution in [3.8, 4) is 0 Å². The van der Waals surface area contributed by atoms with Crippen LogP contribution in [0.3, 0.4) is 0 Å². The summed E-state index contributed by atoms with van der Waals surface area (Å²) in [6.07, 6.45) is 3.04. The van der Waals surface area contributed by atoms with E-state index in [-0.39, 0.29) is 0 Å². The van der Waals surface area contributed by atoms with Crippen molar-refractivity contribution in [2.24, 2.45) is 4.99 Å². The molecule has 4 rings (SSSR count). The molecule has 1 saturated heterocycles. The van der Waals surface area contributed by atoms with Crippen molar-refractivity contribution in [1.29, 1.82) is 0 Å². The first-order chi connectivity index (χ1) is 12.8. The molecule has 0 amide bonds. The predicted octanol–water partition coefficient (Wildman–Crippen LogP) is 4.35. The van der Waals surface area contributed by atoms with Crippen LogP contribution in [-0.2, 0) is 0 Å². The second kappa shape index (κ2) is 7.52. The molecule has 2 heterocycles. The van der Waals surface area contributed by atoms with Gasteiger partial charge in [-0.15, -0.1) is 6.58 Å². The number of anilines is 2. The van der Waals surface area contributed by atoms with Crippen LogP contribution in [0.4, 0.5) is 17.1 Å². The zero-order valence-corrected chi connectivity index (χ0v) is 15.5. The summed E-state index contributed by atoms with van der Waals surface area (Å²) in [5, 5.41) is 4.17. The van der Waals surface area contributed by atoms with Crippen molar-refractivity contribution in [2.75, 3.05) is 37.6 Å². The molecule has 4 nitrogen and oxygen atoms in total. The van der Waals surface area contributed by atoms with E-state index in [1.807, 2.05) is 24.3 Å². The van der Waals surface area contributed by atoms with Gasteiger partial charge in [0, 0.05) is 36.8 Å². The molecule has 0 bridgehead atoms. The van der Waals surface area contributed by atoms with Gasteiger partial charge in [-0.2, -0.15) is 0 Å². The van der Waals surface area contributed by atoms with Crippen LogP contribution in [-0.4, -0.2) is 43.5 Å². The van der Waals surface area contributed by atoms with Crippen LogP contribution in [0.1, 0.15) is 12.0 Å². The second-order valence-corrected chi connectivity index (χ2v) is 7.01. The molecule has 0 unspecified atom stereocenters. The van der Waals surface area contributed by atoms with Crippen LogP contribution in [0, 0.1) is 0 Å². The van der Waals surface area contributed by atoms with Gasteiger partial charge in [-0.3, -0.25) is 0 Å². The standard InChI is InChI=1S/C21H23ClN4/c1-2-12-26-19-7-4-3-6-17(19)21(25-13-5-10-23-11-14-25)24-18-15-16(22)8-9-20(18)26/h2-4,6-9,15,23H,1,5,10-14H2. The van der Waals surface area contributed by atoms with Crippen molar-refractivity contribution < 1.29 is 0 Å². The minimum absolute atomic E-state index is 0.703. The first-order valence-electron chi connectivity index (χ1n) is 9.09. The van der Waals surface area contributed by atoms with Gasteiger partial charge in [0.15, 0.2) is 0 Å². The molecule has 2 aromatic carbocycles. The van der Waals surface area contributed by atoms with Crippen LogP contribution in [0.2, 0.25) is 5.02 Å². The highest BCUT2D eigenvalue weighted by atomic mass is 35.5. The van der Waals surface area contributed by atoms with E-state index in [1.54, 1.807) is 0 Å². The maximum Gasteiger partial charge on any atom is 0.138 e. The first-order valence-corrected chi connectivity index (χ1v) is 9.47. The van der Waals surface area contributed by atoms with Gasteiger partial charge in [0.2, 0.25) is 0 Å². The highest BCUT2D eigenvalue weighted by Gasteiger charge is 2.25. The number of aliphatic imine (C=N–C) groups is 1. The van der Waals surface area contributed by atoms with Gasteiger partial charge < -0.3 is 15.1 Å². The lowest BCUT2D eigenvalue weighted by atomic mass is 10.1. The molecular formula is C21H23ClN4. The molecule has 0 saturated carbocycles. The van der Waals surface area contributed by atoms with Gasteiger partial charge in [-0.1, -0.05) is 29.8 Å². The lowest BCUT2D eigenvalue weighted by Gasteiger charge is -2.27. The van der Waals surface area contributed by atoms with Gasteiger partial charge in [-0.25, -0.2) is 4.99 Å². The molecule has 0 aromatic heterocycles. The van der Waals surface area contributed by atoms with E-state index in [0.29, 0.717) is 5.02 Å². The largest absolute Gasteiger partial charge is 0.355 e. The number of para-hydroxylation sites is 1. The molecule has 0 spiro atoms. The lowest BCUT2D eigenvalue weighted by Crippen LogP contribution is -2.35. The summed E-state index contributed by atoms with van der Waals surface area (Å²) in [5.74, 6) is 1.03. The Morgan fingerprint density at radius 3 is 2.88 bits per heavy atom. The quantitative estimate of drug-likeness (QED) is 0.801. The van der Waals surface area contributed by atoms with E-state index in [2.05, 4.69) is 46.0 Å². The topological polar surface area (TPSA) is 30.9 Å². The minimum atomic E-state index is 0.703. The number of nitrogens with one attached hydrogen (secondary N) is 1. The fourth-order valence-electron chi connectivity index (χ4n) is 3.64. The lowest BCUT2D eigenvalue weighted by molar-refractivity contribution is 0.447. The number of rotatable bonds is 2. The molecule has 0 atom stereocenters. The number of amidine groups is 1.